The zero-order valence-electron chi connectivity index (χ0n) is 7.75. The first-order valence-electron chi connectivity index (χ1n) is 3.93. The first kappa shape index (κ1) is 11.6. The van der Waals surface area contributed by atoms with Crippen molar-refractivity contribution >= 4 is 17.6 Å². The second kappa shape index (κ2) is 4.35. The molecule has 1 aromatic rings. The van der Waals surface area contributed by atoms with E-state index in [0.29, 0.717) is 0 Å². The lowest BCUT2D eigenvalue weighted by atomic mass is 10.1. The van der Waals surface area contributed by atoms with E-state index >= 15 is 0 Å². The van der Waals surface area contributed by atoms with Gasteiger partial charge in [0.2, 0.25) is 0 Å². The number of aliphatic carboxylic acids is 1. The minimum Gasteiger partial charge on any atom is -0.504 e. The van der Waals surface area contributed by atoms with E-state index in [1.807, 2.05) is 0 Å². The second-order valence-electron chi connectivity index (χ2n) is 2.78. The van der Waals surface area contributed by atoms with Gasteiger partial charge in [0.15, 0.2) is 11.6 Å². The summed E-state index contributed by atoms with van der Waals surface area (Å²) in [6.07, 6.45) is -0.430. The molecule has 0 radical (unpaired) electrons. The molecule has 0 saturated carbocycles. The number of methoxy groups -OCH3 is 1. The fourth-order valence-electron chi connectivity index (χ4n) is 1.16. The van der Waals surface area contributed by atoms with Crippen molar-refractivity contribution in [3.05, 3.63) is 22.5 Å². The van der Waals surface area contributed by atoms with Gasteiger partial charge >= 0.3 is 5.97 Å². The average molecular weight is 235 g/mol. The zero-order chi connectivity index (χ0) is 11.6. The monoisotopic (exact) mass is 234 g/mol. The standard InChI is InChI=1S/C9H8ClFO4/c1-15-9-4(3-6(12)13)2-5(11)8(14)7(9)10/h2,14H,3H2,1H3,(H,12,13). The van der Waals surface area contributed by atoms with E-state index in [1.165, 1.54) is 7.11 Å². The molecule has 0 bridgehead atoms. The molecule has 0 fully saturated rings. The Labute approximate surface area is 89.9 Å². The molecule has 15 heavy (non-hydrogen) atoms. The Morgan fingerprint density at radius 2 is 2.27 bits per heavy atom. The number of carboxylic acids is 1. The number of rotatable bonds is 3. The molecule has 0 heterocycles. The fraction of sp³-hybridized carbons (Fsp3) is 0.222. The fourth-order valence-corrected chi connectivity index (χ4v) is 1.44. The van der Waals surface area contributed by atoms with Gasteiger partial charge in [-0.1, -0.05) is 11.6 Å². The first-order valence-corrected chi connectivity index (χ1v) is 4.30. The number of phenols is 1. The highest BCUT2D eigenvalue weighted by atomic mass is 35.5. The third-order valence-electron chi connectivity index (χ3n) is 1.77. The molecule has 0 aliphatic rings. The molecule has 0 saturated heterocycles. The number of hydrogen-bond acceptors (Lipinski definition) is 3. The van der Waals surface area contributed by atoms with Gasteiger partial charge in [-0.15, -0.1) is 0 Å². The van der Waals surface area contributed by atoms with Crippen molar-refractivity contribution in [3.8, 4) is 11.5 Å². The number of benzene rings is 1. The van der Waals surface area contributed by atoms with E-state index in [4.69, 9.17) is 26.6 Å². The second-order valence-corrected chi connectivity index (χ2v) is 3.16. The highest BCUT2D eigenvalue weighted by Crippen LogP contribution is 2.38. The largest absolute Gasteiger partial charge is 0.504 e. The molecule has 0 aromatic heterocycles. The van der Waals surface area contributed by atoms with Gasteiger partial charge in [0.05, 0.1) is 13.5 Å². The minimum absolute atomic E-state index is 0.0297. The Bertz CT molecular complexity index is 406. The van der Waals surface area contributed by atoms with Crippen LogP contribution in [-0.2, 0) is 11.2 Å². The topological polar surface area (TPSA) is 66.8 Å². The van der Waals surface area contributed by atoms with Gasteiger partial charge in [-0.3, -0.25) is 4.79 Å². The van der Waals surface area contributed by atoms with E-state index in [1.54, 1.807) is 0 Å². The number of ether oxygens (including phenoxy) is 1. The van der Waals surface area contributed by atoms with Crippen LogP contribution in [0.15, 0.2) is 6.07 Å². The molecule has 1 aromatic carbocycles. The van der Waals surface area contributed by atoms with Crippen molar-refractivity contribution in [2.45, 2.75) is 6.42 Å². The summed E-state index contributed by atoms with van der Waals surface area (Å²) in [6.45, 7) is 0. The van der Waals surface area contributed by atoms with Gasteiger partial charge < -0.3 is 14.9 Å². The molecule has 0 aliphatic carbocycles. The Morgan fingerprint density at radius 3 is 2.73 bits per heavy atom. The van der Waals surface area contributed by atoms with Crippen LogP contribution < -0.4 is 4.74 Å². The predicted octanol–water partition coefficient (Wildman–Crippen LogP) is 1.82. The van der Waals surface area contributed by atoms with E-state index in [0.717, 1.165) is 6.07 Å². The van der Waals surface area contributed by atoms with Crippen LogP contribution in [-0.4, -0.2) is 23.3 Å². The van der Waals surface area contributed by atoms with Gasteiger partial charge in [-0.25, -0.2) is 4.39 Å². The number of carboxylic acid groups (broad SMARTS) is 1. The molecule has 0 aliphatic heterocycles. The first-order chi connectivity index (χ1) is 6.97. The number of aromatic hydroxyl groups is 1. The van der Waals surface area contributed by atoms with Gasteiger partial charge in [0.25, 0.3) is 0 Å². The van der Waals surface area contributed by atoms with Crippen molar-refractivity contribution < 1.29 is 24.1 Å². The summed E-state index contributed by atoms with van der Waals surface area (Å²) < 4.78 is 17.8. The van der Waals surface area contributed by atoms with E-state index in [-0.39, 0.29) is 16.3 Å². The third-order valence-corrected chi connectivity index (χ3v) is 2.12. The summed E-state index contributed by atoms with van der Waals surface area (Å²) in [6, 6.07) is 0.883. The molecule has 0 unspecified atom stereocenters. The molecular formula is C9H8ClFO4. The van der Waals surface area contributed by atoms with Crippen molar-refractivity contribution in [2.75, 3.05) is 7.11 Å². The molecule has 0 amide bonds. The van der Waals surface area contributed by atoms with Crippen LogP contribution in [0.5, 0.6) is 11.5 Å². The summed E-state index contributed by atoms with van der Waals surface area (Å²) >= 11 is 5.58. The molecule has 0 atom stereocenters. The lowest BCUT2D eigenvalue weighted by molar-refractivity contribution is -0.136. The summed E-state index contributed by atoms with van der Waals surface area (Å²) in [5.41, 5.74) is 0.0744. The van der Waals surface area contributed by atoms with Crippen molar-refractivity contribution in [1.82, 2.24) is 0 Å². The van der Waals surface area contributed by atoms with Gasteiger partial charge in [0.1, 0.15) is 10.8 Å². The molecule has 1 rings (SSSR count). The van der Waals surface area contributed by atoms with Gasteiger partial charge in [0, 0.05) is 5.56 Å². The Balaban J connectivity index is 3.31. The van der Waals surface area contributed by atoms with Gasteiger partial charge in [-0.2, -0.15) is 0 Å². The summed E-state index contributed by atoms with van der Waals surface area (Å²) in [7, 11) is 1.25. The van der Waals surface area contributed by atoms with Crippen LogP contribution in [0.4, 0.5) is 4.39 Å². The molecule has 82 valence electrons. The maximum atomic E-state index is 13.0. The quantitative estimate of drug-likeness (QED) is 0.837. The molecule has 6 heteroatoms. The lowest BCUT2D eigenvalue weighted by Gasteiger charge is -2.10. The molecular weight excluding hydrogens is 227 g/mol. The van der Waals surface area contributed by atoms with Crippen LogP contribution >= 0.6 is 11.6 Å². The molecule has 2 N–H and O–H groups in total. The number of carbonyl (C=O) groups is 1. The summed E-state index contributed by atoms with van der Waals surface area (Å²) in [5, 5.41) is 17.4. The molecule has 0 spiro atoms. The zero-order valence-corrected chi connectivity index (χ0v) is 8.51. The van der Waals surface area contributed by atoms with Crippen LogP contribution in [0.2, 0.25) is 5.02 Å². The Morgan fingerprint density at radius 1 is 1.67 bits per heavy atom. The maximum absolute atomic E-state index is 13.0. The van der Waals surface area contributed by atoms with Crippen molar-refractivity contribution in [3.63, 3.8) is 0 Å². The van der Waals surface area contributed by atoms with E-state index < -0.39 is 24.0 Å². The van der Waals surface area contributed by atoms with Crippen molar-refractivity contribution in [1.29, 1.82) is 0 Å². The smallest absolute Gasteiger partial charge is 0.307 e. The van der Waals surface area contributed by atoms with Gasteiger partial charge in [-0.05, 0) is 6.07 Å². The van der Waals surface area contributed by atoms with Crippen molar-refractivity contribution in [2.24, 2.45) is 0 Å². The highest BCUT2D eigenvalue weighted by molar-refractivity contribution is 6.33. The van der Waals surface area contributed by atoms with E-state index in [9.17, 15) is 9.18 Å². The average Bonchev–Trinajstić information content (AvgIpc) is 2.14. The third kappa shape index (κ3) is 2.30. The normalized spacial score (nSPS) is 10.1. The number of phenolic OH excluding ortho intramolecular Hbond substituents is 1. The lowest BCUT2D eigenvalue weighted by Crippen LogP contribution is -2.03. The Hall–Kier alpha value is -1.49. The van der Waals surface area contributed by atoms with E-state index in [2.05, 4.69) is 0 Å². The van der Waals surface area contributed by atoms with Crippen LogP contribution in [0.1, 0.15) is 5.56 Å². The molecule has 4 nitrogen and oxygen atoms in total. The number of hydrogen-bond donors (Lipinski definition) is 2. The van der Waals surface area contributed by atoms with Crippen LogP contribution in [0, 0.1) is 5.82 Å². The van der Waals surface area contributed by atoms with Crippen LogP contribution in [0.25, 0.3) is 0 Å². The Kier molecular flexibility index (Phi) is 3.36. The summed E-state index contributed by atoms with van der Waals surface area (Å²) in [4.78, 5) is 10.5. The minimum atomic E-state index is -1.14. The SMILES string of the molecule is COc1c(CC(=O)O)cc(F)c(O)c1Cl. The van der Waals surface area contributed by atoms with Crippen LogP contribution in [0.3, 0.4) is 0 Å². The number of halogens is 2. The maximum Gasteiger partial charge on any atom is 0.307 e. The highest BCUT2D eigenvalue weighted by Gasteiger charge is 2.18. The predicted molar refractivity (Wildman–Crippen MR) is 51.0 cm³/mol. The summed E-state index contributed by atoms with van der Waals surface area (Å²) in [5.74, 6) is -2.90.